The number of hydrogen-bond donors (Lipinski definition) is 3. The number of aromatic nitrogens is 5. The van der Waals surface area contributed by atoms with Gasteiger partial charge in [0.2, 0.25) is 0 Å². The lowest BCUT2D eigenvalue weighted by Gasteiger charge is -2.07. The van der Waals surface area contributed by atoms with Crippen LogP contribution in [0.5, 0.6) is 0 Å². The maximum absolute atomic E-state index is 13.6. The predicted octanol–water partition coefficient (Wildman–Crippen LogP) is 4.77. The van der Waals surface area contributed by atoms with Crippen LogP contribution in [0.4, 0.5) is 10.1 Å². The summed E-state index contributed by atoms with van der Waals surface area (Å²) in [6.45, 7) is 0.551. The lowest BCUT2D eigenvalue weighted by Crippen LogP contribution is -2.00. The second-order valence-corrected chi connectivity index (χ2v) is 6.67. The van der Waals surface area contributed by atoms with E-state index in [0.29, 0.717) is 6.54 Å². The van der Waals surface area contributed by atoms with Gasteiger partial charge in [0.05, 0.1) is 22.9 Å². The van der Waals surface area contributed by atoms with Gasteiger partial charge in [-0.05, 0) is 42.5 Å². The third kappa shape index (κ3) is 3.45. The van der Waals surface area contributed by atoms with Gasteiger partial charge in [-0.3, -0.25) is 10.1 Å². The summed E-state index contributed by atoms with van der Waals surface area (Å²) in [5, 5.41) is 10.5. The number of aromatic amines is 2. The average molecular weight is 384 g/mol. The molecule has 3 aromatic heterocycles. The minimum Gasteiger partial charge on any atom is -0.381 e. The number of imidazole rings is 1. The molecule has 6 nitrogen and oxygen atoms in total. The highest BCUT2D eigenvalue weighted by Crippen LogP contribution is 2.25. The number of nitrogens with one attached hydrogen (secondary N) is 3. The number of pyridine rings is 1. The zero-order chi connectivity index (χ0) is 19.6. The molecule has 0 atom stereocenters. The molecule has 0 unspecified atom stereocenters. The summed E-state index contributed by atoms with van der Waals surface area (Å²) < 4.78 is 13.6. The van der Waals surface area contributed by atoms with Crippen molar-refractivity contribution in [3.8, 4) is 22.8 Å². The van der Waals surface area contributed by atoms with Crippen molar-refractivity contribution in [2.75, 3.05) is 5.32 Å². The molecule has 0 aliphatic carbocycles. The number of benzene rings is 2. The Bertz CT molecular complexity index is 1270. The lowest BCUT2D eigenvalue weighted by molar-refractivity contribution is 0.628. The van der Waals surface area contributed by atoms with Crippen LogP contribution in [0.1, 0.15) is 5.56 Å². The van der Waals surface area contributed by atoms with Gasteiger partial charge in [0, 0.05) is 29.6 Å². The van der Waals surface area contributed by atoms with Gasteiger partial charge >= 0.3 is 0 Å². The molecule has 29 heavy (non-hydrogen) atoms. The van der Waals surface area contributed by atoms with Gasteiger partial charge in [-0.25, -0.2) is 9.37 Å². The zero-order valence-corrected chi connectivity index (χ0v) is 15.4. The van der Waals surface area contributed by atoms with Crippen molar-refractivity contribution in [1.29, 1.82) is 0 Å². The molecular weight excluding hydrogens is 367 g/mol. The van der Waals surface area contributed by atoms with E-state index in [0.717, 1.165) is 45.1 Å². The molecular formula is C22H17FN6. The van der Waals surface area contributed by atoms with E-state index in [9.17, 15) is 4.39 Å². The largest absolute Gasteiger partial charge is 0.381 e. The first-order chi connectivity index (χ1) is 14.3. The molecule has 0 radical (unpaired) electrons. The monoisotopic (exact) mass is 384 g/mol. The van der Waals surface area contributed by atoms with E-state index in [1.54, 1.807) is 18.5 Å². The van der Waals surface area contributed by atoms with Crippen LogP contribution >= 0.6 is 0 Å². The van der Waals surface area contributed by atoms with Gasteiger partial charge < -0.3 is 10.3 Å². The number of nitrogens with zero attached hydrogens (tertiary/aromatic N) is 3. The number of hydrogen-bond acceptors (Lipinski definition) is 4. The van der Waals surface area contributed by atoms with Crippen molar-refractivity contribution in [1.82, 2.24) is 25.1 Å². The van der Waals surface area contributed by atoms with Gasteiger partial charge in [0.15, 0.2) is 5.82 Å². The zero-order valence-electron chi connectivity index (χ0n) is 15.4. The van der Waals surface area contributed by atoms with Crippen LogP contribution in [0.2, 0.25) is 0 Å². The van der Waals surface area contributed by atoms with E-state index in [-0.39, 0.29) is 5.82 Å². The second kappa shape index (κ2) is 7.20. The fraction of sp³-hybridized carbons (Fsp3) is 0.0455. The number of anilines is 1. The Morgan fingerprint density at radius 3 is 2.83 bits per heavy atom. The van der Waals surface area contributed by atoms with Crippen LogP contribution in [0.15, 0.2) is 73.1 Å². The first-order valence-corrected chi connectivity index (χ1v) is 9.19. The van der Waals surface area contributed by atoms with Gasteiger partial charge in [-0.2, -0.15) is 5.10 Å². The molecule has 5 aromatic rings. The van der Waals surface area contributed by atoms with Crippen LogP contribution in [0.25, 0.3) is 33.8 Å². The Labute approximate surface area is 165 Å². The normalized spacial score (nSPS) is 11.1. The molecule has 0 amide bonds. The highest BCUT2D eigenvalue weighted by atomic mass is 19.1. The number of fused-ring (bicyclic) bond motifs is 1. The molecule has 0 aliphatic rings. The van der Waals surface area contributed by atoms with Crippen LogP contribution in [-0.4, -0.2) is 25.1 Å². The smallest absolute Gasteiger partial charge is 0.157 e. The van der Waals surface area contributed by atoms with Crippen LogP contribution in [0, 0.1) is 5.82 Å². The van der Waals surface area contributed by atoms with Crippen molar-refractivity contribution in [3.05, 3.63) is 84.4 Å². The third-order valence-corrected chi connectivity index (χ3v) is 4.70. The summed E-state index contributed by atoms with van der Waals surface area (Å²) in [5.74, 6) is 0.463. The van der Waals surface area contributed by atoms with Crippen LogP contribution in [-0.2, 0) is 6.54 Å². The fourth-order valence-electron chi connectivity index (χ4n) is 3.28. The van der Waals surface area contributed by atoms with Crippen LogP contribution < -0.4 is 5.32 Å². The third-order valence-electron chi connectivity index (χ3n) is 4.70. The van der Waals surface area contributed by atoms with E-state index in [1.807, 2.05) is 42.5 Å². The van der Waals surface area contributed by atoms with Gasteiger partial charge in [-0.1, -0.05) is 18.2 Å². The fourth-order valence-corrected chi connectivity index (χ4v) is 3.28. The van der Waals surface area contributed by atoms with Gasteiger partial charge in [-0.15, -0.1) is 0 Å². The molecule has 0 saturated heterocycles. The minimum atomic E-state index is -0.274. The van der Waals surface area contributed by atoms with Crippen molar-refractivity contribution in [3.63, 3.8) is 0 Å². The Morgan fingerprint density at radius 2 is 1.97 bits per heavy atom. The molecule has 0 saturated carbocycles. The molecule has 142 valence electrons. The molecule has 2 aromatic carbocycles. The second-order valence-electron chi connectivity index (χ2n) is 6.67. The highest BCUT2D eigenvalue weighted by Gasteiger charge is 2.10. The molecule has 7 heteroatoms. The lowest BCUT2D eigenvalue weighted by atomic mass is 10.1. The molecule has 0 spiro atoms. The minimum absolute atomic E-state index is 0.274. The molecule has 5 rings (SSSR count). The van der Waals surface area contributed by atoms with E-state index >= 15 is 0 Å². The van der Waals surface area contributed by atoms with Gasteiger partial charge in [0.25, 0.3) is 0 Å². The summed E-state index contributed by atoms with van der Waals surface area (Å²) in [7, 11) is 0. The van der Waals surface area contributed by atoms with E-state index in [1.165, 1.54) is 12.1 Å². The maximum Gasteiger partial charge on any atom is 0.157 e. The van der Waals surface area contributed by atoms with E-state index in [4.69, 9.17) is 0 Å². The number of rotatable bonds is 5. The molecule has 3 heterocycles. The molecule has 0 aliphatic heterocycles. The number of H-pyrrole nitrogens is 2. The van der Waals surface area contributed by atoms with E-state index in [2.05, 4.69) is 30.5 Å². The Hall–Kier alpha value is -4.00. The molecule has 3 N–H and O–H groups in total. The highest BCUT2D eigenvalue weighted by molar-refractivity contribution is 5.82. The summed E-state index contributed by atoms with van der Waals surface area (Å²) in [4.78, 5) is 12.2. The molecule has 0 bridgehead atoms. The summed E-state index contributed by atoms with van der Waals surface area (Å²) in [6.07, 6.45) is 3.50. The first kappa shape index (κ1) is 17.1. The SMILES string of the molecule is Fc1cccc(-c2[nH]ncc2CNc2ccc3nc(-c4ccccn4)[nH]c3c2)c1. The summed E-state index contributed by atoms with van der Waals surface area (Å²) in [5.41, 5.74) is 6.07. The topological polar surface area (TPSA) is 82.3 Å². The Morgan fingerprint density at radius 1 is 1.00 bits per heavy atom. The summed E-state index contributed by atoms with van der Waals surface area (Å²) in [6, 6.07) is 18.1. The average Bonchev–Trinajstić information content (AvgIpc) is 3.39. The maximum atomic E-state index is 13.6. The Balaban J connectivity index is 1.37. The van der Waals surface area contributed by atoms with Crippen molar-refractivity contribution in [2.24, 2.45) is 0 Å². The van der Waals surface area contributed by atoms with Crippen LogP contribution in [0.3, 0.4) is 0 Å². The Kier molecular flexibility index (Phi) is 4.25. The van der Waals surface area contributed by atoms with Crippen molar-refractivity contribution in [2.45, 2.75) is 6.54 Å². The number of halogens is 1. The first-order valence-electron chi connectivity index (χ1n) is 9.19. The predicted molar refractivity (Wildman–Crippen MR) is 111 cm³/mol. The summed E-state index contributed by atoms with van der Waals surface area (Å²) >= 11 is 0. The van der Waals surface area contributed by atoms with Crippen molar-refractivity contribution < 1.29 is 4.39 Å². The van der Waals surface area contributed by atoms with Crippen molar-refractivity contribution >= 4 is 16.7 Å². The quantitative estimate of drug-likeness (QED) is 0.408. The molecule has 0 fully saturated rings. The standard InChI is InChI=1S/C22H17FN6/c23-16-5-3-4-14(10-16)21-15(13-26-29-21)12-25-17-7-8-18-20(11-17)28-22(27-18)19-6-1-2-9-24-19/h1-11,13,25H,12H2,(H,26,29)(H,27,28). The van der Waals surface area contributed by atoms with E-state index < -0.39 is 0 Å². The van der Waals surface area contributed by atoms with Gasteiger partial charge in [0.1, 0.15) is 11.5 Å².